The first kappa shape index (κ1) is 24.9. The highest BCUT2D eigenvalue weighted by atomic mass is 35.5. The SMILES string of the molecule is CC1CC2(CCN(c3ccc(N4CCN(CC5CNC5)CC4)cc3)CC2)CN1c1ccc(C#N)c(Cl)c1. The zero-order chi connectivity index (χ0) is 25.4. The Bertz CT molecular complexity index is 1120. The third-order valence-corrected chi connectivity index (χ3v) is 9.64. The van der Waals surface area contributed by atoms with Crippen molar-refractivity contribution in [1.82, 2.24) is 10.2 Å². The Balaban J connectivity index is 1.02. The van der Waals surface area contributed by atoms with Gasteiger partial charge in [0.05, 0.1) is 10.6 Å². The van der Waals surface area contributed by atoms with E-state index in [0.29, 0.717) is 22.0 Å². The minimum Gasteiger partial charge on any atom is -0.371 e. The maximum Gasteiger partial charge on any atom is 0.101 e. The molecular formula is C30H39ClN6. The van der Waals surface area contributed by atoms with Crippen LogP contribution in [0.3, 0.4) is 0 Å². The fourth-order valence-electron chi connectivity index (χ4n) is 6.94. The van der Waals surface area contributed by atoms with Crippen LogP contribution in [0.2, 0.25) is 5.02 Å². The Kier molecular flexibility index (Phi) is 6.96. The molecule has 4 aliphatic heterocycles. The molecular weight excluding hydrogens is 480 g/mol. The van der Waals surface area contributed by atoms with Gasteiger partial charge in [0.1, 0.15) is 6.07 Å². The van der Waals surface area contributed by atoms with Gasteiger partial charge in [-0.15, -0.1) is 0 Å². The quantitative estimate of drug-likeness (QED) is 0.631. The molecule has 37 heavy (non-hydrogen) atoms. The van der Waals surface area contributed by atoms with Crippen LogP contribution >= 0.6 is 11.6 Å². The first-order chi connectivity index (χ1) is 18.0. The summed E-state index contributed by atoms with van der Waals surface area (Å²) in [5.74, 6) is 0.861. The van der Waals surface area contributed by atoms with Gasteiger partial charge in [-0.05, 0) is 80.0 Å². The van der Waals surface area contributed by atoms with Gasteiger partial charge >= 0.3 is 0 Å². The van der Waals surface area contributed by atoms with E-state index in [-0.39, 0.29) is 0 Å². The van der Waals surface area contributed by atoms with Crippen LogP contribution in [-0.2, 0) is 0 Å². The lowest BCUT2D eigenvalue weighted by atomic mass is 9.76. The van der Waals surface area contributed by atoms with Gasteiger partial charge in [-0.2, -0.15) is 5.26 Å². The number of piperazine rings is 1. The summed E-state index contributed by atoms with van der Waals surface area (Å²) in [5.41, 5.74) is 4.79. The van der Waals surface area contributed by atoms with Crippen molar-refractivity contribution in [2.45, 2.75) is 32.2 Å². The highest BCUT2D eigenvalue weighted by Gasteiger charge is 2.44. The molecule has 1 N–H and O–H groups in total. The Morgan fingerprint density at radius 2 is 1.54 bits per heavy atom. The van der Waals surface area contributed by atoms with Crippen molar-refractivity contribution < 1.29 is 0 Å². The second kappa shape index (κ2) is 10.4. The van der Waals surface area contributed by atoms with Crippen LogP contribution in [0.15, 0.2) is 42.5 Å². The molecule has 0 amide bonds. The predicted molar refractivity (Wildman–Crippen MR) is 153 cm³/mol. The number of benzene rings is 2. The maximum absolute atomic E-state index is 9.21. The van der Waals surface area contributed by atoms with Gasteiger partial charge in [0, 0.05) is 88.6 Å². The fraction of sp³-hybridized carbons (Fsp3) is 0.567. The van der Waals surface area contributed by atoms with Crippen LogP contribution in [0, 0.1) is 22.7 Å². The average Bonchev–Trinajstić information content (AvgIpc) is 3.22. The van der Waals surface area contributed by atoms with Gasteiger partial charge in [-0.25, -0.2) is 0 Å². The molecule has 7 heteroatoms. The Morgan fingerprint density at radius 1 is 0.919 bits per heavy atom. The summed E-state index contributed by atoms with van der Waals surface area (Å²) in [6.07, 6.45) is 3.66. The van der Waals surface area contributed by atoms with E-state index in [4.69, 9.17) is 11.6 Å². The zero-order valence-corrected chi connectivity index (χ0v) is 22.8. The summed E-state index contributed by atoms with van der Waals surface area (Å²) < 4.78 is 0. The van der Waals surface area contributed by atoms with Gasteiger partial charge in [0.15, 0.2) is 0 Å². The first-order valence-electron chi connectivity index (χ1n) is 14.0. The van der Waals surface area contributed by atoms with Crippen LogP contribution in [0.1, 0.15) is 31.7 Å². The molecule has 0 bridgehead atoms. The normalized spacial score (nSPS) is 24.4. The third-order valence-electron chi connectivity index (χ3n) is 9.33. The number of piperidine rings is 1. The van der Waals surface area contributed by atoms with E-state index < -0.39 is 0 Å². The van der Waals surface area contributed by atoms with Crippen molar-refractivity contribution in [2.75, 3.05) is 80.1 Å². The molecule has 0 saturated carbocycles. The molecule has 1 unspecified atom stereocenters. The van der Waals surface area contributed by atoms with E-state index in [1.165, 1.54) is 63.4 Å². The highest BCUT2D eigenvalue weighted by Crippen LogP contribution is 2.46. The van der Waals surface area contributed by atoms with Crippen LogP contribution in [0.4, 0.5) is 17.1 Å². The molecule has 4 saturated heterocycles. The molecule has 196 valence electrons. The van der Waals surface area contributed by atoms with Crippen molar-refractivity contribution >= 4 is 28.7 Å². The summed E-state index contributed by atoms with van der Waals surface area (Å²) in [4.78, 5) is 10.3. The molecule has 0 radical (unpaired) electrons. The summed E-state index contributed by atoms with van der Waals surface area (Å²) >= 11 is 6.35. The molecule has 4 heterocycles. The van der Waals surface area contributed by atoms with Gasteiger partial charge in [-0.1, -0.05) is 11.6 Å². The number of nitriles is 1. The van der Waals surface area contributed by atoms with E-state index in [1.54, 1.807) is 0 Å². The van der Waals surface area contributed by atoms with E-state index >= 15 is 0 Å². The number of rotatable bonds is 5. The first-order valence-corrected chi connectivity index (χ1v) is 14.4. The van der Waals surface area contributed by atoms with E-state index in [1.807, 2.05) is 12.1 Å². The van der Waals surface area contributed by atoms with Gasteiger partial charge in [0.2, 0.25) is 0 Å². The number of nitrogens with one attached hydrogen (secondary N) is 1. The lowest BCUT2D eigenvalue weighted by Gasteiger charge is -2.41. The van der Waals surface area contributed by atoms with Crippen molar-refractivity contribution in [3.8, 4) is 6.07 Å². The van der Waals surface area contributed by atoms with Crippen LogP contribution in [0.25, 0.3) is 0 Å². The molecule has 2 aromatic rings. The third kappa shape index (κ3) is 5.14. The summed E-state index contributed by atoms with van der Waals surface area (Å²) in [7, 11) is 0. The molecule has 6 rings (SSSR count). The predicted octanol–water partition coefficient (Wildman–Crippen LogP) is 4.44. The van der Waals surface area contributed by atoms with E-state index in [0.717, 1.165) is 44.3 Å². The molecule has 4 aliphatic rings. The van der Waals surface area contributed by atoms with Crippen molar-refractivity contribution in [3.05, 3.63) is 53.1 Å². The van der Waals surface area contributed by atoms with Crippen molar-refractivity contribution in [2.24, 2.45) is 11.3 Å². The molecule has 0 aromatic heterocycles. The minimum atomic E-state index is 0.367. The molecule has 1 spiro atoms. The van der Waals surface area contributed by atoms with Crippen molar-refractivity contribution in [1.29, 1.82) is 5.26 Å². The topological polar surface area (TPSA) is 48.8 Å². The van der Waals surface area contributed by atoms with Crippen molar-refractivity contribution in [3.63, 3.8) is 0 Å². The van der Waals surface area contributed by atoms with Gasteiger partial charge < -0.3 is 20.0 Å². The fourth-order valence-corrected chi connectivity index (χ4v) is 7.16. The zero-order valence-electron chi connectivity index (χ0n) is 22.0. The number of nitrogens with zero attached hydrogens (tertiary/aromatic N) is 5. The molecule has 0 aliphatic carbocycles. The monoisotopic (exact) mass is 518 g/mol. The summed E-state index contributed by atoms with van der Waals surface area (Å²) in [6.45, 7) is 13.9. The Hall–Kier alpha value is -2.46. The highest BCUT2D eigenvalue weighted by molar-refractivity contribution is 6.32. The van der Waals surface area contributed by atoms with Crippen LogP contribution in [-0.4, -0.2) is 76.4 Å². The second-order valence-corrected chi connectivity index (χ2v) is 12.2. The Morgan fingerprint density at radius 3 is 2.11 bits per heavy atom. The van der Waals surface area contributed by atoms with Crippen LogP contribution in [0.5, 0.6) is 0 Å². The molecule has 4 fully saturated rings. The summed E-state index contributed by atoms with van der Waals surface area (Å²) in [5, 5.41) is 13.2. The van der Waals surface area contributed by atoms with Gasteiger partial charge in [-0.3, -0.25) is 4.90 Å². The average molecular weight is 519 g/mol. The summed E-state index contributed by atoms with van der Waals surface area (Å²) in [6, 6.07) is 17.9. The van der Waals surface area contributed by atoms with E-state index in [2.05, 4.69) is 68.2 Å². The number of anilines is 3. The lowest BCUT2D eigenvalue weighted by Crippen LogP contribution is -2.53. The molecule has 2 aromatic carbocycles. The largest absolute Gasteiger partial charge is 0.371 e. The number of hydrogen-bond acceptors (Lipinski definition) is 6. The standard InChI is InChI=1S/C30H39ClN6/c1-23-17-30(22-37(23)28-3-2-25(18-32)29(31)16-28)8-10-35(11-9-30)26-4-6-27(7-5-26)36-14-12-34(13-15-36)21-24-19-33-20-24/h2-7,16,23-24,33H,8-15,17,19-22H2,1H3. The van der Waals surface area contributed by atoms with Gasteiger partial charge in [0.25, 0.3) is 0 Å². The minimum absolute atomic E-state index is 0.367. The van der Waals surface area contributed by atoms with Crippen LogP contribution < -0.4 is 20.0 Å². The number of hydrogen-bond donors (Lipinski definition) is 1. The van der Waals surface area contributed by atoms with E-state index in [9.17, 15) is 5.26 Å². The molecule has 1 atom stereocenters. The number of halogens is 1. The lowest BCUT2D eigenvalue weighted by molar-refractivity contribution is 0.184. The second-order valence-electron chi connectivity index (χ2n) is 11.8. The Labute approximate surface area is 226 Å². The maximum atomic E-state index is 9.21. The molecule has 6 nitrogen and oxygen atoms in total. The smallest absolute Gasteiger partial charge is 0.101 e.